The van der Waals surface area contributed by atoms with Crippen LogP contribution in [-0.4, -0.2) is 11.2 Å². The first-order chi connectivity index (χ1) is 8.31. The molecule has 1 N–H and O–H groups in total. The van der Waals surface area contributed by atoms with Gasteiger partial charge in [-0.1, -0.05) is 50.0 Å². The van der Waals surface area contributed by atoms with Crippen molar-refractivity contribution >= 4 is 0 Å². The third-order valence-electron chi connectivity index (χ3n) is 3.77. The zero-order chi connectivity index (χ0) is 12.1. The highest BCUT2D eigenvalue weighted by Crippen LogP contribution is 2.34. The Kier molecular flexibility index (Phi) is 4.61. The topological polar surface area (TPSA) is 20.2 Å². The van der Waals surface area contributed by atoms with Crippen LogP contribution in [0.25, 0.3) is 0 Å². The van der Waals surface area contributed by atoms with Gasteiger partial charge in [0.1, 0.15) is 0 Å². The highest BCUT2D eigenvalue weighted by Gasteiger charge is 2.20. The van der Waals surface area contributed by atoms with Gasteiger partial charge in [-0.2, -0.15) is 0 Å². The summed E-state index contributed by atoms with van der Waals surface area (Å²) in [4.78, 5) is 0. The standard InChI is InChI=1S/C16H24O/c1-2-3-4-5-8-13-11-15(17)12-14-9-6-7-10-16(13)14/h7,10-11,15,17H,2-6,8-9,12H2,1H3. The Morgan fingerprint density at radius 1 is 1.29 bits per heavy atom. The number of hydrogen-bond donors (Lipinski definition) is 1. The molecule has 0 aliphatic heterocycles. The molecular weight excluding hydrogens is 208 g/mol. The van der Waals surface area contributed by atoms with Gasteiger partial charge < -0.3 is 5.11 Å². The van der Waals surface area contributed by atoms with E-state index in [9.17, 15) is 5.11 Å². The van der Waals surface area contributed by atoms with Gasteiger partial charge in [0.15, 0.2) is 0 Å². The van der Waals surface area contributed by atoms with Gasteiger partial charge in [-0.3, -0.25) is 0 Å². The van der Waals surface area contributed by atoms with Gasteiger partial charge in [-0.05, 0) is 43.3 Å². The molecule has 0 aromatic rings. The zero-order valence-corrected chi connectivity index (χ0v) is 10.9. The predicted molar refractivity (Wildman–Crippen MR) is 72.9 cm³/mol. The van der Waals surface area contributed by atoms with E-state index < -0.39 is 0 Å². The molecule has 1 atom stereocenters. The van der Waals surface area contributed by atoms with Crippen LogP contribution < -0.4 is 0 Å². The molecule has 0 amide bonds. The molecule has 0 saturated heterocycles. The van der Waals surface area contributed by atoms with Crippen LogP contribution in [0, 0.1) is 0 Å². The van der Waals surface area contributed by atoms with E-state index in [4.69, 9.17) is 0 Å². The molecule has 94 valence electrons. The number of aliphatic hydroxyl groups excluding tert-OH is 1. The minimum absolute atomic E-state index is 0.235. The summed E-state index contributed by atoms with van der Waals surface area (Å²) in [6.45, 7) is 2.24. The predicted octanol–water partition coefficient (Wildman–Crippen LogP) is 4.29. The molecule has 17 heavy (non-hydrogen) atoms. The summed E-state index contributed by atoms with van der Waals surface area (Å²) in [7, 11) is 0. The van der Waals surface area contributed by atoms with Gasteiger partial charge in [-0.25, -0.2) is 0 Å². The first-order valence-corrected chi connectivity index (χ1v) is 7.09. The summed E-state index contributed by atoms with van der Waals surface area (Å²) in [6, 6.07) is 0. The van der Waals surface area contributed by atoms with Crippen LogP contribution >= 0.6 is 0 Å². The summed E-state index contributed by atoms with van der Waals surface area (Å²) in [5.74, 6) is 0. The molecule has 2 aliphatic carbocycles. The first kappa shape index (κ1) is 12.6. The van der Waals surface area contributed by atoms with E-state index >= 15 is 0 Å². The Labute approximate surface area is 105 Å². The maximum absolute atomic E-state index is 9.89. The molecule has 2 aliphatic rings. The van der Waals surface area contributed by atoms with Gasteiger partial charge in [0.05, 0.1) is 6.10 Å². The van der Waals surface area contributed by atoms with E-state index in [0.29, 0.717) is 0 Å². The van der Waals surface area contributed by atoms with Crippen molar-refractivity contribution in [1.29, 1.82) is 0 Å². The first-order valence-electron chi connectivity index (χ1n) is 7.09. The SMILES string of the molecule is CCCCCCC1=CC(O)CC2=C1C=CCC2. The molecular formula is C16H24O. The van der Waals surface area contributed by atoms with Crippen LogP contribution in [0.4, 0.5) is 0 Å². The van der Waals surface area contributed by atoms with Crippen LogP contribution in [0.2, 0.25) is 0 Å². The second-order valence-electron chi connectivity index (χ2n) is 5.23. The number of hydrogen-bond acceptors (Lipinski definition) is 1. The molecule has 0 aromatic heterocycles. The fourth-order valence-electron chi connectivity index (χ4n) is 2.85. The number of allylic oxidation sites excluding steroid dienone is 4. The lowest BCUT2D eigenvalue weighted by atomic mass is 9.82. The number of rotatable bonds is 5. The van der Waals surface area contributed by atoms with Gasteiger partial charge in [0.25, 0.3) is 0 Å². The monoisotopic (exact) mass is 232 g/mol. The van der Waals surface area contributed by atoms with E-state index in [2.05, 4.69) is 25.2 Å². The normalized spacial score (nSPS) is 23.6. The van der Waals surface area contributed by atoms with Crippen molar-refractivity contribution in [2.24, 2.45) is 0 Å². The largest absolute Gasteiger partial charge is 0.389 e. The molecule has 0 bridgehead atoms. The summed E-state index contributed by atoms with van der Waals surface area (Å²) < 4.78 is 0. The third-order valence-corrected chi connectivity index (χ3v) is 3.77. The molecule has 0 spiro atoms. The lowest BCUT2D eigenvalue weighted by Gasteiger charge is -2.25. The molecule has 0 saturated carbocycles. The van der Waals surface area contributed by atoms with Crippen molar-refractivity contribution in [3.05, 3.63) is 34.9 Å². The van der Waals surface area contributed by atoms with Crippen molar-refractivity contribution in [2.75, 3.05) is 0 Å². The van der Waals surface area contributed by atoms with Crippen molar-refractivity contribution in [1.82, 2.24) is 0 Å². The Bertz CT molecular complexity index is 347. The molecule has 0 heterocycles. The van der Waals surface area contributed by atoms with E-state index in [1.165, 1.54) is 42.4 Å². The van der Waals surface area contributed by atoms with Crippen LogP contribution in [0.5, 0.6) is 0 Å². The molecule has 1 heteroatoms. The number of unbranched alkanes of at least 4 members (excludes halogenated alkanes) is 3. The maximum Gasteiger partial charge on any atom is 0.0764 e. The second-order valence-corrected chi connectivity index (χ2v) is 5.23. The minimum atomic E-state index is -0.235. The highest BCUT2D eigenvalue weighted by molar-refractivity contribution is 5.48. The smallest absolute Gasteiger partial charge is 0.0764 e. The van der Waals surface area contributed by atoms with Gasteiger partial charge in [0.2, 0.25) is 0 Å². The molecule has 1 nitrogen and oxygen atoms in total. The van der Waals surface area contributed by atoms with E-state index in [0.717, 1.165) is 25.7 Å². The van der Waals surface area contributed by atoms with Gasteiger partial charge in [0, 0.05) is 0 Å². The summed E-state index contributed by atoms with van der Waals surface area (Å²) in [5.41, 5.74) is 4.32. The Morgan fingerprint density at radius 2 is 2.18 bits per heavy atom. The average Bonchev–Trinajstić information content (AvgIpc) is 2.34. The Morgan fingerprint density at radius 3 is 3.00 bits per heavy atom. The van der Waals surface area contributed by atoms with Crippen LogP contribution in [0.15, 0.2) is 34.9 Å². The maximum atomic E-state index is 9.89. The third kappa shape index (κ3) is 3.32. The molecule has 0 radical (unpaired) electrons. The average molecular weight is 232 g/mol. The van der Waals surface area contributed by atoms with E-state index in [1.54, 1.807) is 0 Å². The lowest BCUT2D eigenvalue weighted by molar-refractivity contribution is 0.218. The quantitative estimate of drug-likeness (QED) is 0.701. The summed E-state index contributed by atoms with van der Waals surface area (Å²) in [5, 5.41) is 9.89. The van der Waals surface area contributed by atoms with E-state index in [1.807, 2.05) is 0 Å². The zero-order valence-electron chi connectivity index (χ0n) is 10.9. The van der Waals surface area contributed by atoms with Gasteiger partial charge in [-0.15, -0.1) is 0 Å². The Balaban J connectivity index is 1.98. The van der Waals surface area contributed by atoms with Crippen LogP contribution in [0.3, 0.4) is 0 Å². The summed E-state index contributed by atoms with van der Waals surface area (Å²) >= 11 is 0. The van der Waals surface area contributed by atoms with Crippen LogP contribution in [0.1, 0.15) is 58.3 Å². The molecule has 1 unspecified atom stereocenters. The number of aliphatic hydroxyl groups is 1. The molecule has 0 aromatic carbocycles. The van der Waals surface area contributed by atoms with Crippen molar-refractivity contribution in [3.63, 3.8) is 0 Å². The molecule has 0 fully saturated rings. The van der Waals surface area contributed by atoms with Crippen molar-refractivity contribution in [3.8, 4) is 0 Å². The Hall–Kier alpha value is -0.820. The minimum Gasteiger partial charge on any atom is -0.389 e. The second kappa shape index (κ2) is 6.20. The highest BCUT2D eigenvalue weighted by atomic mass is 16.3. The fraction of sp³-hybridized carbons (Fsp3) is 0.625. The van der Waals surface area contributed by atoms with E-state index in [-0.39, 0.29) is 6.10 Å². The van der Waals surface area contributed by atoms with Crippen molar-refractivity contribution in [2.45, 2.75) is 64.4 Å². The molecule has 2 rings (SSSR count). The van der Waals surface area contributed by atoms with Crippen LogP contribution in [-0.2, 0) is 0 Å². The fourth-order valence-corrected chi connectivity index (χ4v) is 2.85. The van der Waals surface area contributed by atoms with Crippen molar-refractivity contribution < 1.29 is 5.11 Å². The lowest BCUT2D eigenvalue weighted by Crippen LogP contribution is -2.14. The summed E-state index contributed by atoms with van der Waals surface area (Å²) in [6.07, 6.45) is 15.9. The van der Waals surface area contributed by atoms with Gasteiger partial charge >= 0.3 is 0 Å².